The van der Waals surface area contributed by atoms with Crippen LogP contribution in [0.5, 0.6) is 5.75 Å². The molecule has 2 aromatic rings. The lowest BCUT2D eigenvalue weighted by Crippen LogP contribution is -2.35. The highest BCUT2D eigenvalue weighted by Crippen LogP contribution is 2.33. The summed E-state index contributed by atoms with van der Waals surface area (Å²) in [5, 5.41) is 6.05. The van der Waals surface area contributed by atoms with E-state index in [9.17, 15) is 18.0 Å². The molecule has 0 saturated heterocycles. The fraction of sp³-hybridized carbons (Fsp3) is 0.409. The molecule has 1 atom stereocenters. The van der Waals surface area contributed by atoms with Crippen molar-refractivity contribution >= 4 is 6.09 Å². The largest absolute Gasteiger partial charge is 0.493 e. The first-order valence-electron chi connectivity index (χ1n) is 9.91. The SMILES string of the molecule is O=C(NCCNC1CCOc2cc(CCC(F)(F)F)ccc21)OCc1ccccc1. The Morgan fingerprint density at radius 1 is 1.10 bits per heavy atom. The van der Waals surface area contributed by atoms with Gasteiger partial charge in [-0.25, -0.2) is 4.79 Å². The van der Waals surface area contributed by atoms with Crippen molar-refractivity contribution in [1.82, 2.24) is 10.6 Å². The molecule has 2 aromatic carbocycles. The summed E-state index contributed by atoms with van der Waals surface area (Å²) in [6, 6.07) is 14.7. The molecule has 0 bridgehead atoms. The van der Waals surface area contributed by atoms with Gasteiger partial charge in [-0.3, -0.25) is 0 Å². The van der Waals surface area contributed by atoms with Crippen LogP contribution >= 0.6 is 0 Å². The second kappa shape index (κ2) is 10.3. The number of fused-ring (bicyclic) bond motifs is 1. The molecular weight excluding hydrogens is 397 g/mol. The van der Waals surface area contributed by atoms with Crippen molar-refractivity contribution in [1.29, 1.82) is 0 Å². The van der Waals surface area contributed by atoms with Crippen LogP contribution in [-0.4, -0.2) is 32.0 Å². The molecule has 2 N–H and O–H groups in total. The average molecular weight is 422 g/mol. The van der Waals surface area contributed by atoms with Gasteiger partial charge >= 0.3 is 12.3 Å². The fourth-order valence-corrected chi connectivity index (χ4v) is 3.27. The van der Waals surface area contributed by atoms with Crippen LogP contribution in [0.2, 0.25) is 0 Å². The lowest BCUT2D eigenvalue weighted by molar-refractivity contribution is -0.134. The van der Waals surface area contributed by atoms with Crippen LogP contribution < -0.4 is 15.4 Å². The lowest BCUT2D eigenvalue weighted by atomic mass is 9.97. The van der Waals surface area contributed by atoms with Gasteiger partial charge < -0.3 is 20.1 Å². The summed E-state index contributed by atoms with van der Waals surface area (Å²) < 4.78 is 48.1. The first-order chi connectivity index (χ1) is 14.4. The summed E-state index contributed by atoms with van der Waals surface area (Å²) in [5.74, 6) is 0.619. The smallest absolute Gasteiger partial charge is 0.407 e. The number of carbonyl (C=O) groups is 1. The maximum atomic E-state index is 12.4. The summed E-state index contributed by atoms with van der Waals surface area (Å²) in [4.78, 5) is 11.8. The topological polar surface area (TPSA) is 59.6 Å². The minimum Gasteiger partial charge on any atom is -0.493 e. The minimum absolute atomic E-state index is 0.0209. The van der Waals surface area contributed by atoms with E-state index in [-0.39, 0.29) is 19.1 Å². The molecule has 1 heterocycles. The van der Waals surface area contributed by atoms with E-state index in [1.54, 1.807) is 12.1 Å². The molecule has 0 spiro atoms. The summed E-state index contributed by atoms with van der Waals surface area (Å²) in [6.45, 7) is 1.62. The van der Waals surface area contributed by atoms with Crippen LogP contribution in [0.4, 0.5) is 18.0 Å². The van der Waals surface area contributed by atoms with Gasteiger partial charge in [0.2, 0.25) is 0 Å². The predicted octanol–water partition coefficient (Wildman–Crippen LogP) is 4.52. The van der Waals surface area contributed by atoms with Crippen molar-refractivity contribution in [2.75, 3.05) is 19.7 Å². The molecule has 0 radical (unpaired) electrons. The van der Waals surface area contributed by atoms with E-state index in [4.69, 9.17) is 9.47 Å². The Kier molecular flexibility index (Phi) is 7.57. The lowest BCUT2D eigenvalue weighted by Gasteiger charge is -2.27. The van der Waals surface area contributed by atoms with Crippen molar-refractivity contribution in [2.45, 2.75) is 38.1 Å². The Labute approximate surface area is 173 Å². The predicted molar refractivity (Wildman–Crippen MR) is 106 cm³/mol. The third-order valence-electron chi connectivity index (χ3n) is 4.81. The number of ether oxygens (including phenoxy) is 2. The van der Waals surface area contributed by atoms with Gasteiger partial charge in [0.1, 0.15) is 12.4 Å². The Balaban J connectivity index is 1.42. The van der Waals surface area contributed by atoms with Gasteiger partial charge in [-0.2, -0.15) is 13.2 Å². The number of nitrogens with one attached hydrogen (secondary N) is 2. The number of carbonyl (C=O) groups excluding carboxylic acids is 1. The van der Waals surface area contributed by atoms with Crippen LogP contribution in [0.1, 0.15) is 35.6 Å². The molecule has 30 heavy (non-hydrogen) atoms. The van der Waals surface area contributed by atoms with Gasteiger partial charge in [-0.1, -0.05) is 42.5 Å². The summed E-state index contributed by atoms with van der Waals surface area (Å²) in [7, 11) is 0. The third kappa shape index (κ3) is 6.95. The molecule has 162 valence electrons. The number of halogens is 3. The van der Waals surface area contributed by atoms with Crippen LogP contribution in [0.3, 0.4) is 0 Å². The zero-order valence-electron chi connectivity index (χ0n) is 16.5. The maximum absolute atomic E-state index is 12.4. The molecule has 0 fully saturated rings. The van der Waals surface area contributed by atoms with Crippen molar-refractivity contribution in [2.24, 2.45) is 0 Å². The molecular formula is C22H25F3N2O3. The first-order valence-corrected chi connectivity index (χ1v) is 9.91. The van der Waals surface area contributed by atoms with E-state index in [1.807, 2.05) is 36.4 Å². The summed E-state index contributed by atoms with van der Waals surface area (Å²) in [6.07, 6.45) is -4.82. The highest BCUT2D eigenvalue weighted by Gasteiger charge is 2.27. The van der Waals surface area contributed by atoms with Crippen molar-refractivity contribution in [3.05, 3.63) is 65.2 Å². The van der Waals surface area contributed by atoms with Crippen molar-refractivity contribution < 1.29 is 27.4 Å². The maximum Gasteiger partial charge on any atom is 0.407 e. The number of alkyl halides is 3. The van der Waals surface area contributed by atoms with E-state index >= 15 is 0 Å². The van der Waals surface area contributed by atoms with E-state index in [0.717, 1.165) is 17.5 Å². The molecule has 1 aliphatic heterocycles. The number of hydrogen-bond acceptors (Lipinski definition) is 4. The van der Waals surface area contributed by atoms with Crippen LogP contribution in [-0.2, 0) is 17.8 Å². The molecule has 1 amide bonds. The van der Waals surface area contributed by atoms with E-state index in [0.29, 0.717) is 31.0 Å². The summed E-state index contributed by atoms with van der Waals surface area (Å²) >= 11 is 0. The zero-order chi connectivity index (χ0) is 21.4. The number of amides is 1. The third-order valence-corrected chi connectivity index (χ3v) is 4.81. The van der Waals surface area contributed by atoms with Crippen LogP contribution in [0, 0.1) is 0 Å². The second-order valence-electron chi connectivity index (χ2n) is 7.12. The number of alkyl carbamates (subject to hydrolysis) is 1. The van der Waals surface area contributed by atoms with Gasteiger partial charge in [0, 0.05) is 37.5 Å². The fourth-order valence-electron chi connectivity index (χ4n) is 3.27. The van der Waals surface area contributed by atoms with Gasteiger partial charge in [-0.05, 0) is 23.6 Å². The Morgan fingerprint density at radius 3 is 2.67 bits per heavy atom. The number of aryl methyl sites for hydroxylation is 1. The number of rotatable bonds is 8. The Hall–Kier alpha value is -2.74. The molecule has 0 aliphatic carbocycles. The van der Waals surface area contributed by atoms with Gasteiger partial charge in [0.05, 0.1) is 6.61 Å². The molecule has 5 nitrogen and oxygen atoms in total. The normalized spacial score (nSPS) is 15.8. The summed E-state index contributed by atoms with van der Waals surface area (Å²) in [5.41, 5.74) is 2.44. The van der Waals surface area contributed by atoms with E-state index in [1.165, 1.54) is 0 Å². The first kappa shape index (κ1) is 22.0. The van der Waals surface area contributed by atoms with Gasteiger partial charge in [-0.15, -0.1) is 0 Å². The van der Waals surface area contributed by atoms with Crippen molar-refractivity contribution in [3.8, 4) is 5.75 Å². The van der Waals surface area contributed by atoms with Gasteiger partial charge in [0.15, 0.2) is 0 Å². The highest BCUT2D eigenvalue weighted by molar-refractivity contribution is 5.67. The highest BCUT2D eigenvalue weighted by atomic mass is 19.4. The number of hydrogen-bond donors (Lipinski definition) is 2. The Morgan fingerprint density at radius 2 is 1.90 bits per heavy atom. The minimum atomic E-state index is -4.17. The second-order valence-corrected chi connectivity index (χ2v) is 7.12. The van der Waals surface area contributed by atoms with Crippen LogP contribution in [0.25, 0.3) is 0 Å². The standard InChI is InChI=1S/C22H25F3N2O3/c23-22(24,25)10-8-16-6-7-18-19(9-13-29-20(18)14-16)26-11-12-27-21(28)30-15-17-4-2-1-3-5-17/h1-7,14,19,26H,8-13,15H2,(H,27,28). The zero-order valence-corrected chi connectivity index (χ0v) is 16.5. The van der Waals surface area contributed by atoms with Crippen molar-refractivity contribution in [3.63, 3.8) is 0 Å². The molecule has 8 heteroatoms. The molecule has 1 aliphatic rings. The van der Waals surface area contributed by atoms with E-state index in [2.05, 4.69) is 10.6 Å². The number of benzene rings is 2. The molecule has 0 aromatic heterocycles. The Bertz CT molecular complexity index is 828. The quantitative estimate of drug-likeness (QED) is 0.614. The average Bonchev–Trinajstić information content (AvgIpc) is 2.74. The molecule has 0 saturated carbocycles. The monoisotopic (exact) mass is 422 g/mol. The molecule has 1 unspecified atom stereocenters. The van der Waals surface area contributed by atoms with E-state index < -0.39 is 18.7 Å². The van der Waals surface area contributed by atoms with Crippen LogP contribution in [0.15, 0.2) is 48.5 Å². The molecule has 3 rings (SSSR count). The van der Waals surface area contributed by atoms with Gasteiger partial charge in [0.25, 0.3) is 0 Å².